The molecule has 104 valence electrons. The molecule has 1 aliphatic heterocycles. The summed E-state index contributed by atoms with van der Waals surface area (Å²) in [6.07, 6.45) is 2.46. The van der Waals surface area contributed by atoms with Crippen molar-refractivity contribution in [2.75, 3.05) is 12.3 Å². The molecule has 0 spiro atoms. The summed E-state index contributed by atoms with van der Waals surface area (Å²) in [5.74, 6) is -0.306. The van der Waals surface area contributed by atoms with Crippen molar-refractivity contribution in [2.24, 2.45) is 0 Å². The van der Waals surface area contributed by atoms with Crippen LogP contribution in [-0.2, 0) is 4.79 Å². The second-order valence-corrected chi connectivity index (χ2v) is 5.00. The molecule has 6 heteroatoms. The number of piperidine rings is 1. The van der Waals surface area contributed by atoms with Gasteiger partial charge in [0.25, 0.3) is 5.56 Å². The van der Waals surface area contributed by atoms with Gasteiger partial charge in [-0.15, -0.1) is 0 Å². The first-order valence-electron chi connectivity index (χ1n) is 6.46. The molecule has 1 amide bonds. The number of nitrogen functional groups attached to an aromatic ring is 1. The van der Waals surface area contributed by atoms with Crippen molar-refractivity contribution in [3.8, 4) is 0 Å². The molecule has 2 heterocycles. The second-order valence-electron chi connectivity index (χ2n) is 5.00. The fourth-order valence-electron chi connectivity index (χ4n) is 2.64. The Labute approximate surface area is 115 Å². The molecule has 0 aliphatic carbocycles. The predicted octanol–water partition coefficient (Wildman–Crippen LogP) is 1.14. The third kappa shape index (κ3) is 1.94. The first kappa shape index (κ1) is 12.7. The zero-order valence-electron chi connectivity index (χ0n) is 10.8. The molecule has 1 aromatic heterocycles. The smallest absolute Gasteiger partial charge is 0.258 e. The highest BCUT2D eigenvalue weighted by atomic mass is 16.5. The molecule has 1 aliphatic rings. The van der Waals surface area contributed by atoms with Crippen molar-refractivity contribution in [3.05, 3.63) is 40.8 Å². The maximum atomic E-state index is 12.5. The van der Waals surface area contributed by atoms with E-state index in [1.54, 1.807) is 35.0 Å². The van der Waals surface area contributed by atoms with Crippen LogP contribution in [0.4, 0.5) is 5.69 Å². The molecule has 6 nitrogen and oxygen atoms in total. The number of hydrogen-bond donors (Lipinski definition) is 2. The fourth-order valence-corrected chi connectivity index (χ4v) is 2.64. The van der Waals surface area contributed by atoms with Crippen LogP contribution in [0.1, 0.15) is 18.9 Å². The number of benzene rings is 1. The summed E-state index contributed by atoms with van der Waals surface area (Å²) in [5.41, 5.74) is 6.27. The highest BCUT2D eigenvalue weighted by Crippen LogP contribution is 2.22. The van der Waals surface area contributed by atoms with Crippen LogP contribution in [0.25, 0.3) is 10.8 Å². The largest absolute Gasteiger partial charge is 0.398 e. The van der Waals surface area contributed by atoms with E-state index in [1.165, 1.54) is 0 Å². The summed E-state index contributed by atoms with van der Waals surface area (Å²) in [5, 5.41) is 11.5. The molecule has 1 saturated heterocycles. The monoisotopic (exact) mass is 273 g/mol. The molecule has 0 radical (unpaired) electrons. The van der Waals surface area contributed by atoms with Crippen LogP contribution in [0.2, 0.25) is 0 Å². The molecule has 0 bridgehead atoms. The van der Waals surface area contributed by atoms with Gasteiger partial charge in [-0.25, -0.2) is 5.06 Å². The minimum atomic E-state index is -0.306. The third-order valence-corrected chi connectivity index (χ3v) is 3.76. The number of carbonyl (C=O) groups is 1. The molecule has 1 aromatic carbocycles. The zero-order valence-corrected chi connectivity index (χ0v) is 10.8. The van der Waals surface area contributed by atoms with E-state index in [0.29, 0.717) is 22.6 Å². The van der Waals surface area contributed by atoms with Gasteiger partial charge in [0, 0.05) is 29.1 Å². The fraction of sp³-hybridized carbons (Fsp3) is 0.286. The number of nitrogens with zero attached hydrogens (tertiary/aromatic N) is 2. The Morgan fingerprint density at radius 2 is 2.00 bits per heavy atom. The standard InChI is InChI=1S/C14H15N3O3/c15-12-3-1-2-11-10(12)6-7-16(14(11)19)9-4-5-13(18)17(20)8-9/h1-3,6-7,9,20H,4-5,8,15H2. The first-order chi connectivity index (χ1) is 9.58. The molecular formula is C14H15N3O3. The van der Waals surface area contributed by atoms with Crippen LogP contribution in [0.3, 0.4) is 0 Å². The lowest BCUT2D eigenvalue weighted by Crippen LogP contribution is -2.41. The molecule has 0 saturated carbocycles. The van der Waals surface area contributed by atoms with Gasteiger partial charge in [0.15, 0.2) is 0 Å². The predicted molar refractivity (Wildman–Crippen MR) is 74.4 cm³/mol. The van der Waals surface area contributed by atoms with Gasteiger partial charge in [-0.3, -0.25) is 14.8 Å². The van der Waals surface area contributed by atoms with E-state index in [1.807, 2.05) is 0 Å². The molecule has 1 atom stereocenters. The lowest BCUT2D eigenvalue weighted by molar-refractivity contribution is -0.173. The maximum absolute atomic E-state index is 12.5. The Morgan fingerprint density at radius 1 is 1.20 bits per heavy atom. The summed E-state index contributed by atoms with van der Waals surface area (Å²) < 4.78 is 1.57. The summed E-state index contributed by atoms with van der Waals surface area (Å²) in [6, 6.07) is 6.81. The van der Waals surface area contributed by atoms with E-state index in [4.69, 9.17) is 5.73 Å². The average Bonchev–Trinajstić information content (AvgIpc) is 2.43. The summed E-state index contributed by atoms with van der Waals surface area (Å²) >= 11 is 0. The maximum Gasteiger partial charge on any atom is 0.258 e. The Morgan fingerprint density at radius 3 is 2.75 bits per heavy atom. The number of nitrogens with two attached hydrogens (primary N) is 1. The Hall–Kier alpha value is -2.34. The van der Waals surface area contributed by atoms with Gasteiger partial charge < -0.3 is 10.3 Å². The number of fused-ring (bicyclic) bond motifs is 1. The lowest BCUT2D eigenvalue weighted by atomic mass is 10.1. The highest BCUT2D eigenvalue weighted by Gasteiger charge is 2.26. The molecule has 2 aromatic rings. The van der Waals surface area contributed by atoms with Crippen LogP contribution in [0, 0.1) is 0 Å². The topological polar surface area (TPSA) is 88.6 Å². The Balaban J connectivity index is 2.07. The van der Waals surface area contributed by atoms with Gasteiger partial charge in [-0.1, -0.05) is 6.07 Å². The molecule has 1 fully saturated rings. The SMILES string of the molecule is Nc1cccc2c(=O)n(C3CCC(=O)N(O)C3)ccc12. The lowest BCUT2D eigenvalue weighted by Gasteiger charge is -2.29. The van der Waals surface area contributed by atoms with Gasteiger partial charge in [0.1, 0.15) is 0 Å². The molecule has 3 N–H and O–H groups in total. The van der Waals surface area contributed by atoms with E-state index < -0.39 is 0 Å². The van der Waals surface area contributed by atoms with Crippen LogP contribution in [0.15, 0.2) is 35.3 Å². The van der Waals surface area contributed by atoms with Crippen LogP contribution < -0.4 is 11.3 Å². The number of hydroxylamine groups is 2. The molecule has 1 unspecified atom stereocenters. The van der Waals surface area contributed by atoms with Gasteiger partial charge in [0.05, 0.1) is 12.6 Å². The van der Waals surface area contributed by atoms with Crippen LogP contribution >= 0.6 is 0 Å². The second kappa shape index (κ2) is 4.64. The van der Waals surface area contributed by atoms with E-state index in [0.717, 1.165) is 5.39 Å². The number of carbonyl (C=O) groups excluding carboxylic acids is 1. The van der Waals surface area contributed by atoms with Crippen molar-refractivity contribution in [1.82, 2.24) is 9.63 Å². The van der Waals surface area contributed by atoms with Crippen LogP contribution in [0.5, 0.6) is 0 Å². The van der Waals surface area contributed by atoms with Gasteiger partial charge >= 0.3 is 0 Å². The van der Waals surface area contributed by atoms with Gasteiger partial charge in [-0.2, -0.15) is 0 Å². The third-order valence-electron chi connectivity index (χ3n) is 3.76. The van der Waals surface area contributed by atoms with E-state index in [9.17, 15) is 14.8 Å². The van der Waals surface area contributed by atoms with Crippen molar-refractivity contribution in [2.45, 2.75) is 18.9 Å². The van der Waals surface area contributed by atoms with Gasteiger partial charge in [-0.05, 0) is 24.6 Å². The molecule has 3 rings (SSSR count). The average molecular weight is 273 g/mol. The molecular weight excluding hydrogens is 258 g/mol. The van der Waals surface area contributed by atoms with E-state index in [-0.39, 0.29) is 30.5 Å². The van der Waals surface area contributed by atoms with Crippen LogP contribution in [-0.4, -0.2) is 27.3 Å². The zero-order chi connectivity index (χ0) is 14.3. The highest BCUT2D eigenvalue weighted by molar-refractivity contribution is 5.91. The summed E-state index contributed by atoms with van der Waals surface area (Å²) in [6.45, 7) is 0.132. The van der Waals surface area contributed by atoms with Gasteiger partial charge in [0.2, 0.25) is 5.91 Å². The number of aromatic nitrogens is 1. The van der Waals surface area contributed by atoms with E-state index in [2.05, 4.69) is 0 Å². The van der Waals surface area contributed by atoms with Crippen molar-refractivity contribution in [1.29, 1.82) is 0 Å². The van der Waals surface area contributed by atoms with Crippen molar-refractivity contribution < 1.29 is 10.0 Å². The molecule has 20 heavy (non-hydrogen) atoms. The first-order valence-corrected chi connectivity index (χ1v) is 6.46. The van der Waals surface area contributed by atoms with E-state index >= 15 is 0 Å². The number of amides is 1. The Bertz CT molecular complexity index is 738. The van der Waals surface area contributed by atoms with Crippen molar-refractivity contribution >= 4 is 22.4 Å². The summed E-state index contributed by atoms with van der Waals surface area (Å²) in [7, 11) is 0. The quantitative estimate of drug-likeness (QED) is 0.602. The number of anilines is 1. The Kier molecular flexibility index (Phi) is 2.94. The minimum absolute atomic E-state index is 0.132. The number of pyridine rings is 1. The minimum Gasteiger partial charge on any atom is -0.398 e. The van der Waals surface area contributed by atoms with Crippen molar-refractivity contribution in [3.63, 3.8) is 0 Å². The summed E-state index contributed by atoms with van der Waals surface area (Å²) in [4.78, 5) is 23.8. The normalized spacial score (nSPS) is 19.6. The number of rotatable bonds is 1. The number of hydrogen-bond acceptors (Lipinski definition) is 4.